The van der Waals surface area contributed by atoms with Crippen molar-refractivity contribution in [2.45, 2.75) is 18.8 Å². The first-order valence-electron chi connectivity index (χ1n) is 5.54. The second kappa shape index (κ2) is 4.88. The lowest BCUT2D eigenvalue weighted by Crippen LogP contribution is -2.38. The molecule has 0 aliphatic heterocycles. The minimum absolute atomic E-state index is 0.137. The number of hydrogen-bond donors (Lipinski definition) is 0. The Morgan fingerprint density at radius 3 is 2.83 bits per heavy atom. The number of halogens is 2. The number of carbonyl (C=O) groups is 1. The third kappa shape index (κ3) is 2.94. The van der Waals surface area contributed by atoms with Gasteiger partial charge in [-0.2, -0.15) is 0 Å². The zero-order chi connectivity index (χ0) is 13.2. The minimum atomic E-state index is -2.54. The van der Waals surface area contributed by atoms with Gasteiger partial charge in [-0.05, 0) is 6.07 Å². The Bertz CT molecular complexity index is 443. The van der Waals surface area contributed by atoms with Gasteiger partial charge in [-0.1, -0.05) is 0 Å². The average Bonchev–Trinajstić information content (AvgIpc) is 2.33. The Morgan fingerprint density at radius 2 is 2.22 bits per heavy atom. The molecule has 0 radical (unpaired) electrons. The van der Waals surface area contributed by atoms with Crippen molar-refractivity contribution in [3.8, 4) is 5.75 Å². The van der Waals surface area contributed by atoms with E-state index >= 15 is 0 Å². The zero-order valence-electron chi connectivity index (χ0n) is 9.86. The summed E-state index contributed by atoms with van der Waals surface area (Å²) >= 11 is 0. The molecule has 98 valence electrons. The van der Waals surface area contributed by atoms with Crippen LogP contribution >= 0.6 is 0 Å². The van der Waals surface area contributed by atoms with Crippen LogP contribution in [0.3, 0.4) is 0 Å². The SMILES string of the molecule is COC(=O)c1cncc(OCC2CC(F)(F)C2)c1. The van der Waals surface area contributed by atoms with E-state index in [9.17, 15) is 13.6 Å². The first-order chi connectivity index (χ1) is 8.50. The van der Waals surface area contributed by atoms with Crippen LogP contribution in [0.1, 0.15) is 23.2 Å². The molecule has 2 rings (SSSR count). The van der Waals surface area contributed by atoms with E-state index in [0.29, 0.717) is 5.75 Å². The van der Waals surface area contributed by atoms with Crippen LogP contribution < -0.4 is 4.74 Å². The molecule has 0 bridgehead atoms. The van der Waals surface area contributed by atoms with E-state index < -0.39 is 11.9 Å². The molecule has 1 heterocycles. The number of esters is 1. The van der Waals surface area contributed by atoms with Gasteiger partial charge in [0, 0.05) is 25.0 Å². The fourth-order valence-electron chi connectivity index (χ4n) is 1.84. The molecule has 0 spiro atoms. The van der Waals surface area contributed by atoms with Gasteiger partial charge in [-0.25, -0.2) is 13.6 Å². The summed E-state index contributed by atoms with van der Waals surface area (Å²) in [5, 5.41) is 0. The van der Waals surface area contributed by atoms with E-state index in [0.717, 1.165) is 0 Å². The van der Waals surface area contributed by atoms with E-state index in [4.69, 9.17) is 4.74 Å². The molecule has 0 saturated heterocycles. The van der Waals surface area contributed by atoms with Crippen molar-refractivity contribution < 1.29 is 23.0 Å². The molecular weight excluding hydrogens is 244 g/mol. The summed E-state index contributed by atoms with van der Waals surface area (Å²) in [4.78, 5) is 15.1. The Balaban J connectivity index is 1.88. The van der Waals surface area contributed by atoms with Crippen LogP contribution in [0.5, 0.6) is 5.75 Å². The molecule has 18 heavy (non-hydrogen) atoms. The normalized spacial score (nSPS) is 17.9. The predicted octanol–water partition coefficient (Wildman–Crippen LogP) is 2.29. The zero-order valence-corrected chi connectivity index (χ0v) is 9.86. The van der Waals surface area contributed by atoms with Crippen LogP contribution in [0.15, 0.2) is 18.5 Å². The Labute approximate surface area is 103 Å². The van der Waals surface area contributed by atoms with Gasteiger partial charge in [0.1, 0.15) is 5.75 Å². The Hall–Kier alpha value is -1.72. The van der Waals surface area contributed by atoms with Gasteiger partial charge in [0.25, 0.3) is 0 Å². The highest BCUT2D eigenvalue weighted by atomic mass is 19.3. The van der Waals surface area contributed by atoms with Gasteiger partial charge < -0.3 is 9.47 Å². The van der Waals surface area contributed by atoms with Crippen molar-refractivity contribution in [3.05, 3.63) is 24.0 Å². The second-order valence-corrected chi connectivity index (χ2v) is 4.34. The molecule has 1 saturated carbocycles. The van der Waals surface area contributed by atoms with Crippen molar-refractivity contribution in [2.24, 2.45) is 5.92 Å². The summed E-state index contributed by atoms with van der Waals surface area (Å²) < 4.78 is 35.1. The Morgan fingerprint density at radius 1 is 1.50 bits per heavy atom. The number of rotatable bonds is 4. The summed E-state index contributed by atoms with van der Waals surface area (Å²) in [7, 11) is 1.27. The van der Waals surface area contributed by atoms with Crippen molar-refractivity contribution in [1.29, 1.82) is 0 Å². The average molecular weight is 257 g/mol. The highest BCUT2D eigenvalue weighted by Gasteiger charge is 2.45. The van der Waals surface area contributed by atoms with Gasteiger partial charge in [0.15, 0.2) is 0 Å². The quantitative estimate of drug-likeness (QED) is 0.776. The lowest BCUT2D eigenvalue weighted by molar-refractivity contribution is -0.119. The molecule has 1 aromatic rings. The van der Waals surface area contributed by atoms with E-state index in [1.165, 1.54) is 25.6 Å². The molecule has 0 unspecified atom stereocenters. The number of aromatic nitrogens is 1. The molecule has 4 nitrogen and oxygen atoms in total. The van der Waals surface area contributed by atoms with Gasteiger partial charge in [-0.15, -0.1) is 0 Å². The fraction of sp³-hybridized carbons (Fsp3) is 0.500. The third-order valence-electron chi connectivity index (χ3n) is 2.79. The Kier molecular flexibility index (Phi) is 3.45. The van der Waals surface area contributed by atoms with Gasteiger partial charge >= 0.3 is 5.97 Å². The van der Waals surface area contributed by atoms with Crippen LogP contribution in [-0.4, -0.2) is 30.6 Å². The van der Waals surface area contributed by atoms with Gasteiger partial charge in [-0.3, -0.25) is 4.98 Å². The summed E-state index contributed by atoms with van der Waals surface area (Å²) in [5.74, 6) is -2.81. The third-order valence-corrected chi connectivity index (χ3v) is 2.79. The lowest BCUT2D eigenvalue weighted by Gasteiger charge is -2.34. The fourth-order valence-corrected chi connectivity index (χ4v) is 1.84. The van der Waals surface area contributed by atoms with Crippen LogP contribution in [0.2, 0.25) is 0 Å². The molecular formula is C12H13F2NO3. The first kappa shape index (κ1) is 12.7. The van der Waals surface area contributed by atoms with Crippen LogP contribution in [-0.2, 0) is 4.74 Å². The minimum Gasteiger partial charge on any atom is -0.492 e. The first-order valence-corrected chi connectivity index (χ1v) is 5.54. The summed E-state index contributed by atoms with van der Waals surface area (Å²) in [6, 6.07) is 1.48. The standard InChI is InChI=1S/C12H13F2NO3/c1-17-11(16)9-2-10(6-15-5-9)18-7-8-3-12(13,14)4-8/h2,5-6,8H,3-4,7H2,1H3. The van der Waals surface area contributed by atoms with Crippen molar-refractivity contribution >= 4 is 5.97 Å². The maximum Gasteiger partial charge on any atom is 0.339 e. The van der Waals surface area contributed by atoms with E-state index in [-0.39, 0.29) is 30.9 Å². The number of methoxy groups -OCH3 is 1. The monoisotopic (exact) mass is 257 g/mol. The molecule has 1 aromatic heterocycles. The predicted molar refractivity (Wildman–Crippen MR) is 58.7 cm³/mol. The van der Waals surface area contributed by atoms with Crippen molar-refractivity contribution in [1.82, 2.24) is 4.98 Å². The smallest absolute Gasteiger partial charge is 0.339 e. The molecule has 0 atom stereocenters. The molecule has 1 fully saturated rings. The number of nitrogens with zero attached hydrogens (tertiary/aromatic N) is 1. The maximum absolute atomic E-state index is 12.6. The second-order valence-electron chi connectivity index (χ2n) is 4.34. The maximum atomic E-state index is 12.6. The molecule has 0 aromatic carbocycles. The molecule has 1 aliphatic rings. The van der Waals surface area contributed by atoms with Gasteiger partial charge in [0.2, 0.25) is 5.92 Å². The lowest BCUT2D eigenvalue weighted by atomic mass is 9.82. The molecule has 0 amide bonds. The van der Waals surface area contributed by atoms with Crippen molar-refractivity contribution in [2.75, 3.05) is 13.7 Å². The van der Waals surface area contributed by atoms with Crippen LogP contribution in [0.25, 0.3) is 0 Å². The van der Waals surface area contributed by atoms with E-state index in [2.05, 4.69) is 9.72 Å². The number of hydrogen-bond acceptors (Lipinski definition) is 4. The highest BCUT2D eigenvalue weighted by Crippen LogP contribution is 2.42. The van der Waals surface area contributed by atoms with Crippen LogP contribution in [0.4, 0.5) is 8.78 Å². The molecule has 0 N–H and O–H groups in total. The number of alkyl halides is 2. The molecule has 6 heteroatoms. The summed E-state index contributed by atoms with van der Waals surface area (Å²) in [6.45, 7) is 0.210. The summed E-state index contributed by atoms with van der Waals surface area (Å²) in [6.07, 6.45) is 2.51. The number of ether oxygens (including phenoxy) is 2. The van der Waals surface area contributed by atoms with E-state index in [1.54, 1.807) is 0 Å². The van der Waals surface area contributed by atoms with Crippen LogP contribution in [0, 0.1) is 5.92 Å². The topological polar surface area (TPSA) is 48.4 Å². The van der Waals surface area contributed by atoms with E-state index in [1.807, 2.05) is 0 Å². The highest BCUT2D eigenvalue weighted by molar-refractivity contribution is 5.89. The molecule has 1 aliphatic carbocycles. The summed E-state index contributed by atoms with van der Waals surface area (Å²) in [5.41, 5.74) is 0.272. The largest absolute Gasteiger partial charge is 0.492 e. The number of carbonyl (C=O) groups excluding carboxylic acids is 1. The van der Waals surface area contributed by atoms with Crippen molar-refractivity contribution in [3.63, 3.8) is 0 Å². The van der Waals surface area contributed by atoms with Gasteiger partial charge in [0.05, 0.1) is 25.5 Å². The number of pyridine rings is 1.